The zero-order valence-electron chi connectivity index (χ0n) is 15.6. The number of Topliss-reactive ketones (excluding diaryl/α,β-unsaturated/α-hetero) is 1. The van der Waals surface area contributed by atoms with E-state index in [1.165, 1.54) is 36.9 Å². The number of phenols is 1. The van der Waals surface area contributed by atoms with Gasteiger partial charge in [0.1, 0.15) is 11.5 Å². The molecule has 1 aliphatic heterocycles. The Labute approximate surface area is 162 Å². The van der Waals surface area contributed by atoms with Crippen LogP contribution in [0.2, 0.25) is 0 Å². The number of ketones is 1. The summed E-state index contributed by atoms with van der Waals surface area (Å²) in [7, 11) is 0. The Kier molecular flexibility index (Phi) is 4.60. The first-order valence-electron chi connectivity index (χ1n) is 10.1. The molecule has 1 N–H and O–H groups in total. The smallest absolute Gasteiger partial charge is 0.134 e. The van der Waals surface area contributed by atoms with Gasteiger partial charge in [0.2, 0.25) is 0 Å². The number of fused-ring (bicyclic) bond motifs is 1. The normalized spacial score (nSPS) is 36.5. The summed E-state index contributed by atoms with van der Waals surface area (Å²) in [4.78, 5) is 15.3. The van der Waals surface area contributed by atoms with Crippen LogP contribution < -0.4 is 0 Å². The Balaban J connectivity index is 0.00000168. The largest absolute Gasteiger partial charge is 0.508 e. The van der Waals surface area contributed by atoms with Crippen LogP contribution >= 0.6 is 12.4 Å². The molecular formula is C22H30ClNO2. The van der Waals surface area contributed by atoms with Crippen LogP contribution in [-0.4, -0.2) is 34.9 Å². The second kappa shape index (κ2) is 6.53. The number of likely N-dealkylation sites (tertiary alicyclic amines) is 1. The second-order valence-electron chi connectivity index (χ2n) is 9.23. The number of nitrogens with zero attached hydrogens (tertiary/aromatic N) is 1. The molecule has 1 saturated heterocycles. The maximum Gasteiger partial charge on any atom is 0.134 e. The molecule has 5 rings (SSSR count). The highest BCUT2D eigenvalue weighted by Crippen LogP contribution is 2.57. The van der Waals surface area contributed by atoms with Gasteiger partial charge >= 0.3 is 0 Å². The van der Waals surface area contributed by atoms with Crippen molar-refractivity contribution in [3.8, 4) is 5.75 Å². The van der Waals surface area contributed by atoms with Gasteiger partial charge in [-0.1, -0.05) is 19.4 Å². The fourth-order valence-electron chi connectivity index (χ4n) is 6.64. The SMILES string of the molecule is C[C@H]1CC(=O)CC23CCN(CC4CCC4)C(Cc4ccc(O)cc42)C13.Cl. The van der Waals surface area contributed by atoms with E-state index in [0.717, 1.165) is 31.7 Å². The Bertz CT molecular complexity index is 716. The maximum atomic E-state index is 12.6. The van der Waals surface area contributed by atoms with E-state index in [2.05, 4.69) is 17.9 Å². The molecule has 0 radical (unpaired) electrons. The summed E-state index contributed by atoms with van der Waals surface area (Å²) in [5.74, 6) is 2.69. The third kappa shape index (κ3) is 2.62. The molecule has 1 aromatic rings. The minimum atomic E-state index is -0.0259. The maximum absolute atomic E-state index is 12.6. The van der Waals surface area contributed by atoms with Gasteiger partial charge in [-0.05, 0) is 73.2 Å². The molecule has 142 valence electrons. The molecule has 1 heterocycles. The van der Waals surface area contributed by atoms with Crippen molar-refractivity contribution in [2.24, 2.45) is 17.8 Å². The van der Waals surface area contributed by atoms with Gasteiger partial charge in [0, 0.05) is 30.8 Å². The molecule has 4 aliphatic rings. The first-order chi connectivity index (χ1) is 12.1. The van der Waals surface area contributed by atoms with Crippen LogP contribution in [0, 0.1) is 17.8 Å². The monoisotopic (exact) mass is 375 g/mol. The van der Waals surface area contributed by atoms with Gasteiger partial charge in [-0.25, -0.2) is 0 Å². The van der Waals surface area contributed by atoms with Crippen molar-refractivity contribution in [2.75, 3.05) is 13.1 Å². The van der Waals surface area contributed by atoms with Gasteiger partial charge in [0.05, 0.1) is 0 Å². The Morgan fingerprint density at radius 3 is 2.81 bits per heavy atom. The predicted molar refractivity (Wildman–Crippen MR) is 105 cm³/mol. The first kappa shape index (κ1) is 18.3. The zero-order valence-corrected chi connectivity index (χ0v) is 16.4. The van der Waals surface area contributed by atoms with Crippen molar-refractivity contribution in [2.45, 2.75) is 63.3 Å². The number of hydrogen-bond acceptors (Lipinski definition) is 3. The Morgan fingerprint density at radius 1 is 1.27 bits per heavy atom. The average molecular weight is 376 g/mol. The van der Waals surface area contributed by atoms with Crippen molar-refractivity contribution in [1.82, 2.24) is 4.90 Å². The molecular weight excluding hydrogens is 346 g/mol. The van der Waals surface area contributed by atoms with E-state index in [1.807, 2.05) is 12.1 Å². The molecule has 2 bridgehead atoms. The van der Waals surface area contributed by atoms with Crippen molar-refractivity contribution in [3.05, 3.63) is 29.3 Å². The molecule has 3 aliphatic carbocycles. The topological polar surface area (TPSA) is 40.5 Å². The summed E-state index contributed by atoms with van der Waals surface area (Å²) in [6.07, 6.45) is 7.81. The van der Waals surface area contributed by atoms with Gasteiger partial charge in [-0.15, -0.1) is 12.4 Å². The van der Waals surface area contributed by atoms with Crippen molar-refractivity contribution in [3.63, 3.8) is 0 Å². The van der Waals surface area contributed by atoms with Crippen molar-refractivity contribution in [1.29, 1.82) is 0 Å². The third-order valence-corrected chi connectivity index (χ3v) is 7.82. The lowest BCUT2D eigenvalue weighted by Crippen LogP contribution is -2.64. The molecule has 2 saturated carbocycles. The van der Waals surface area contributed by atoms with E-state index in [9.17, 15) is 9.90 Å². The Morgan fingerprint density at radius 2 is 2.08 bits per heavy atom. The minimum Gasteiger partial charge on any atom is -0.508 e. The highest BCUT2D eigenvalue weighted by molar-refractivity contribution is 5.85. The molecule has 0 amide bonds. The third-order valence-electron chi connectivity index (χ3n) is 7.82. The summed E-state index contributed by atoms with van der Waals surface area (Å²) < 4.78 is 0. The molecule has 3 nitrogen and oxygen atoms in total. The van der Waals surface area contributed by atoms with Crippen LogP contribution in [0.4, 0.5) is 0 Å². The van der Waals surface area contributed by atoms with Crippen LogP contribution in [-0.2, 0) is 16.6 Å². The number of halogens is 1. The number of carbonyl (C=O) groups excluding carboxylic acids is 1. The summed E-state index contributed by atoms with van der Waals surface area (Å²) in [5.41, 5.74) is 2.64. The number of phenolic OH excluding ortho intramolecular Hbond substituents is 1. The summed E-state index contributed by atoms with van der Waals surface area (Å²) in [6, 6.07) is 6.50. The van der Waals surface area contributed by atoms with E-state index in [-0.39, 0.29) is 17.8 Å². The number of piperidine rings is 1. The molecule has 4 atom stereocenters. The first-order valence-corrected chi connectivity index (χ1v) is 10.1. The molecule has 4 heteroatoms. The number of aromatic hydroxyl groups is 1. The quantitative estimate of drug-likeness (QED) is 0.846. The van der Waals surface area contributed by atoms with Gasteiger partial charge in [-0.3, -0.25) is 9.69 Å². The molecule has 3 unspecified atom stereocenters. The van der Waals surface area contributed by atoms with Crippen LogP contribution in [0.15, 0.2) is 18.2 Å². The van der Waals surface area contributed by atoms with E-state index >= 15 is 0 Å². The second-order valence-corrected chi connectivity index (χ2v) is 9.23. The van der Waals surface area contributed by atoms with Crippen LogP contribution in [0.3, 0.4) is 0 Å². The summed E-state index contributed by atoms with van der Waals surface area (Å²) in [5, 5.41) is 10.1. The Hall–Kier alpha value is -1.06. The van der Waals surface area contributed by atoms with E-state index < -0.39 is 0 Å². The summed E-state index contributed by atoms with van der Waals surface area (Å²) in [6.45, 7) is 4.67. The molecule has 0 aromatic heterocycles. The van der Waals surface area contributed by atoms with E-state index in [0.29, 0.717) is 35.8 Å². The van der Waals surface area contributed by atoms with Crippen LogP contribution in [0.5, 0.6) is 5.75 Å². The minimum absolute atomic E-state index is 0. The summed E-state index contributed by atoms with van der Waals surface area (Å²) >= 11 is 0. The molecule has 1 aromatic carbocycles. The molecule has 26 heavy (non-hydrogen) atoms. The predicted octanol–water partition coefficient (Wildman–Crippen LogP) is 4.10. The fourth-order valence-corrected chi connectivity index (χ4v) is 6.64. The number of rotatable bonds is 2. The lowest BCUT2D eigenvalue weighted by Gasteiger charge is -2.61. The highest BCUT2D eigenvalue weighted by Gasteiger charge is 2.57. The van der Waals surface area contributed by atoms with E-state index in [4.69, 9.17) is 0 Å². The fraction of sp³-hybridized carbons (Fsp3) is 0.682. The van der Waals surface area contributed by atoms with Gasteiger partial charge in [0.15, 0.2) is 0 Å². The zero-order chi connectivity index (χ0) is 17.2. The average Bonchev–Trinajstić information content (AvgIpc) is 2.52. The molecule has 0 spiro atoms. The number of carbonyl (C=O) groups is 1. The highest BCUT2D eigenvalue weighted by atomic mass is 35.5. The standard InChI is InChI=1S/C22H29NO2.ClH/c1-14-9-18(25)12-22-7-8-23(13-15-3-2-4-15)20(21(14)22)10-16-5-6-17(24)11-19(16)22;/h5-6,11,14-15,20-21,24H,2-4,7-10,12-13H2,1H3;1H/t14-,20?,21?,22?;/m0./s1. The number of benzene rings is 1. The van der Waals surface area contributed by atoms with Crippen LogP contribution in [0.1, 0.15) is 56.6 Å². The van der Waals surface area contributed by atoms with Gasteiger partial charge in [-0.2, -0.15) is 0 Å². The van der Waals surface area contributed by atoms with Gasteiger partial charge < -0.3 is 5.11 Å². The van der Waals surface area contributed by atoms with Crippen molar-refractivity contribution < 1.29 is 9.90 Å². The lowest BCUT2D eigenvalue weighted by molar-refractivity contribution is -0.131. The number of hydrogen-bond donors (Lipinski definition) is 1. The van der Waals surface area contributed by atoms with Crippen molar-refractivity contribution >= 4 is 18.2 Å². The lowest BCUT2D eigenvalue weighted by atomic mass is 9.49. The van der Waals surface area contributed by atoms with E-state index in [1.54, 1.807) is 0 Å². The van der Waals surface area contributed by atoms with Gasteiger partial charge in [0.25, 0.3) is 0 Å². The molecule has 3 fully saturated rings. The van der Waals surface area contributed by atoms with Crippen LogP contribution in [0.25, 0.3) is 0 Å².